The summed E-state index contributed by atoms with van der Waals surface area (Å²) < 4.78 is 0. The maximum Gasteiger partial charge on any atom is 0.231 e. The first-order valence-electron chi connectivity index (χ1n) is 4.45. The van der Waals surface area contributed by atoms with Crippen LogP contribution in [0.3, 0.4) is 0 Å². The number of thioether (sulfide) groups is 1. The molecular formula is C10H10ClN3OS. The largest absolute Gasteiger partial charge is 0.398 e. The minimum Gasteiger partial charge on any atom is -0.398 e. The molecule has 84 valence electrons. The van der Waals surface area contributed by atoms with Crippen LogP contribution in [0.15, 0.2) is 23.1 Å². The second-order valence-corrected chi connectivity index (χ2v) is 4.36. The van der Waals surface area contributed by atoms with Crippen molar-refractivity contribution < 1.29 is 4.79 Å². The number of carbonyl (C=O) groups excluding carboxylic acids is 1. The van der Waals surface area contributed by atoms with Crippen LogP contribution in [-0.2, 0) is 4.79 Å². The molecule has 0 saturated carbocycles. The predicted molar refractivity (Wildman–Crippen MR) is 65.2 cm³/mol. The normalized spacial score (nSPS) is 9.50. The highest BCUT2D eigenvalue weighted by Gasteiger charge is 2.05. The molecule has 1 rings (SSSR count). The van der Waals surface area contributed by atoms with Crippen molar-refractivity contribution in [2.75, 3.05) is 18.0 Å². The number of carbonyl (C=O) groups is 1. The molecule has 0 radical (unpaired) electrons. The fourth-order valence-electron chi connectivity index (χ4n) is 0.983. The van der Waals surface area contributed by atoms with Gasteiger partial charge in [0.2, 0.25) is 5.91 Å². The van der Waals surface area contributed by atoms with Gasteiger partial charge in [0.1, 0.15) is 6.54 Å². The summed E-state index contributed by atoms with van der Waals surface area (Å²) in [6.07, 6.45) is 0. The fraction of sp³-hybridized carbons (Fsp3) is 0.200. The maximum absolute atomic E-state index is 11.2. The van der Waals surface area contributed by atoms with Crippen molar-refractivity contribution in [2.24, 2.45) is 0 Å². The summed E-state index contributed by atoms with van der Waals surface area (Å²) in [6.45, 7) is 0.0233. The molecule has 0 saturated heterocycles. The van der Waals surface area contributed by atoms with Gasteiger partial charge >= 0.3 is 0 Å². The lowest BCUT2D eigenvalue weighted by Gasteiger charge is -2.05. The van der Waals surface area contributed by atoms with Crippen molar-refractivity contribution in [1.82, 2.24) is 5.32 Å². The number of hydrogen-bond donors (Lipinski definition) is 2. The Morgan fingerprint density at radius 3 is 3.00 bits per heavy atom. The van der Waals surface area contributed by atoms with Gasteiger partial charge < -0.3 is 11.1 Å². The van der Waals surface area contributed by atoms with E-state index < -0.39 is 0 Å². The van der Waals surface area contributed by atoms with E-state index in [1.54, 1.807) is 18.2 Å². The third kappa shape index (κ3) is 4.01. The van der Waals surface area contributed by atoms with Gasteiger partial charge in [0.15, 0.2) is 0 Å². The van der Waals surface area contributed by atoms with Gasteiger partial charge in [-0.15, -0.1) is 11.8 Å². The summed E-state index contributed by atoms with van der Waals surface area (Å²) in [5, 5.41) is 11.3. The molecule has 0 aliphatic rings. The van der Waals surface area contributed by atoms with Crippen LogP contribution in [0.4, 0.5) is 5.69 Å². The lowest BCUT2D eigenvalue weighted by molar-refractivity contribution is -0.118. The molecule has 0 aliphatic carbocycles. The second-order valence-electron chi connectivity index (χ2n) is 2.91. The number of rotatable bonds is 4. The van der Waals surface area contributed by atoms with Crippen molar-refractivity contribution >= 4 is 35.0 Å². The number of halogens is 1. The van der Waals surface area contributed by atoms with Crippen molar-refractivity contribution in [3.63, 3.8) is 0 Å². The Labute approximate surface area is 103 Å². The Hall–Kier alpha value is -1.38. The van der Waals surface area contributed by atoms with E-state index in [0.717, 1.165) is 4.90 Å². The molecule has 16 heavy (non-hydrogen) atoms. The van der Waals surface area contributed by atoms with Gasteiger partial charge in [0, 0.05) is 15.6 Å². The molecule has 3 N–H and O–H groups in total. The first-order valence-corrected chi connectivity index (χ1v) is 5.81. The van der Waals surface area contributed by atoms with Crippen LogP contribution >= 0.6 is 23.4 Å². The highest BCUT2D eigenvalue weighted by Crippen LogP contribution is 2.27. The number of hydrogen-bond acceptors (Lipinski definition) is 4. The van der Waals surface area contributed by atoms with E-state index in [-0.39, 0.29) is 18.2 Å². The van der Waals surface area contributed by atoms with Gasteiger partial charge in [-0.1, -0.05) is 11.6 Å². The molecule has 1 aromatic rings. The summed E-state index contributed by atoms with van der Waals surface area (Å²) in [7, 11) is 0. The number of nitrogens with one attached hydrogen (secondary N) is 1. The third-order valence-electron chi connectivity index (χ3n) is 1.70. The van der Waals surface area contributed by atoms with E-state index in [1.807, 2.05) is 6.07 Å². The quantitative estimate of drug-likeness (QED) is 0.487. The SMILES string of the molecule is N#CCNC(=O)CSc1ccc(Cl)cc1N. The molecule has 0 bridgehead atoms. The third-order valence-corrected chi connectivity index (χ3v) is 3.02. The summed E-state index contributed by atoms with van der Waals surface area (Å²) in [6, 6.07) is 6.95. The molecule has 0 spiro atoms. The van der Waals surface area contributed by atoms with Gasteiger partial charge in [-0.05, 0) is 18.2 Å². The van der Waals surface area contributed by atoms with E-state index in [2.05, 4.69) is 5.32 Å². The molecule has 1 amide bonds. The highest BCUT2D eigenvalue weighted by molar-refractivity contribution is 8.00. The zero-order valence-electron chi connectivity index (χ0n) is 8.37. The fourth-order valence-corrected chi connectivity index (χ4v) is 1.94. The molecule has 1 aromatic carbocycles. The van der Waals surface area contributed by atoms with Crippen LogP contribution in [0.5, 0.6) is 0 Å². The maximum atomic E-state index is 11.2. The van der Waals surface area contributed by atoms with Crippen LogP contribution in [0, 0.1) is 11.3 Å². The lowest BCUT2D eigenvalue weighted by atomic mass is 10.3. The zero-order chi connectivity index (χ0) is 12.0. The van der Waals surface area contributed by atoms with Crippen LogP contribution in [-0.4, -0.2) is 18.2 Å². The van der Waals surface area contributed by atoms with Crippen molar-refractivity contribution in [1.29, 1.82) is 5.26 Å². The Bertz CT molecular complexity index is 431. The minimum atomic E-state index is -0.194. The second kappa shape index (κ2) is 6.26. The summed E-state index contributed by atoms with van der Waals surface area (Å²) in [4.78, 5) is 12.0. The van der Waals surface area contributed by atoms with Gasteiger partial charge in [-0.2, -0.15) is 5.26 Å². The Balaban J connectivity index is 2.49. The summed E-state index contributed by atoms with van der Waals surface area (Å²) in [5.41, 5.74) is 6.27. The number of nitrogens with two attached hydrogens (primary N) is 1. The first kappa shape index (κ1) is 12.7. The number of nitrogens with zero attached hydrogens (tertiary/aromatic N) is 1. The number of nitriles is 1. The van der Waals surface area contributed by atoms with Crippen molar-refractivity contribution in [2.45, 2.75) is 4.90 Å². The number of nitrogen functional groups attached to an aromatic ring is 1. The molecule has 0 heterocycles. The lowest BCUT2D eigenvalue weighted by Crippen LogP contribution is -2.25. The van der Waals surface area contributed by atoms with E-state index in [9.17, 15) is 4.79 Å². The van der Waals surface area contributed by atoms with Crippen molar-refractivity contribution in [3.8, 4) is 6.07 Å². The predicted octanol–water partition coefficient (Wildman–Crippen LogP) is 1.65. The number of anilines is 1. The van der Waals surface area contributed by atoms with E-state index in [0.29, 0.717) is 10.7 Å². The average molecular weight is 256 g/mol. The highest BCUT2D eigenvalue weighted by atomic mass is 35.5. The Kier molecular flexibility index (Phi) is 4.96. The smallest absolute Gasteiger partial charge is 0.231 e. The molecule has 0 fully saturated rings. The molecule has 0 aliphatic heterocycles. The molecule has 4 nitrogen and oxygen atoms in total. The van der Waals surface area contributed by atoms with Crippen LogP contribution in [0.25, 0.3) is 0 Å². The Morgan fingerprint density at radius 1 is 1.62 bits per heavy atom. The van der Waals surface area contributed by atoms with Gasteiger partial charge in [0.25, 0.3) is 0 Å². The monoisotopic (exact) mass is 255 g/mol. The van der Waals surface area contributed by atoms with Gasteiger partial charge in [0.05, 0.1) is 11.8 Å². The van der Waals surface area contributed by atoms with Crippen molar-refractivity contribution in [3.05, 3.63) is 23.2 Å². The topological polar surface area (TPSA) is 78.9 Å². The molecule has 0 unspecified atom stereocenters. The van der Waals surface area contributed by atoms with E-state index in [1.165, 1.54) is 11.8 Å². The zero-order valence-corrected chi connectivity index (χ0v) is 9.94. The molecule has 0 aromatic heterocycles. The molecular weight excluding hydrogens is 246 g/mol. The van der Waals surface area contributed by atoms with E-state index in [4.69, 9.17) is 22.6 Å². The van der Waals surface area contributed by atoms with Gasteiger partial charge in [-0.3, -0.25) is 4.79 Å². The average Bonchev–Trinajstić information content (AvgIpc) is 2.25. The first-order chi connectivity index (χ1) is 7.63. The number of benzene rings is 1. The van der Waals surface area contributed by atoms with Crippen LogP contribution in [0.2, 0.25) is 5.02 Å². The van der Waals surface area contributed by atoms with Crippen LogP contribution < -0.4 is 11.1 Å². The van der Waals surface area contributed by atoms with E-state index >= 15 is 0 Å². The molecule has 6 heteroatoms. The summed E-state index contributed by atoms with van der Waals surface area (Å²) >= 11 is 7.05. The number of amides is 1. The Morgan fingerprint density at radius 2 is 2.38 bits per heavy atom. The molecule has 0 atom stereocenters. The summed E-state index contributed by atoms with van der Waals surface area (Å²) in [5.74, 6) is 0.0361. The van der Waals surface area contributed by atoms with Crippen LogP contribution in [0.1, 0.15) is 0 Å². The standard InChI is InChI=1S/C10H10ClN3OS/c11-7-1-2-9(8(13)5-7)16-6-10(15)14-4-3-12/h1-2,5H,4,6,13H2,(H,14,15). The minimum absolute atomic E-state index is 0.0233. The van der Waals surface area contributed by atoms with Gasteiger partial charge in [-0.25, -0.2) is 0 Å².